The van der Waals surface area contributed by atoms with Crippen LogP contribution in [-0.4, -0.2) is 0 Å². The molecule has 0 spiro atoms. The Labute approximate surface area is 58.4 Å². The van der Waals surface area contributed by atoms with Crippen LogP contribution in [0.5, 0.6) is 0 Å². The van der Waals surface area contributed by atoms with Crippen LogP contribution in [0.15, 0.2) is 23.2 Å². The molecule has 0 aromatic heterocycles. The first-order valence-corrected chi connectivity index (χ1v) is 2.58. The van der Waals surface area contributed by atoms with Gasteiger partial charge in [0.25, 0.3) is 0 Å². The molecule has 0 aliphatic heterocycles. The van der Waals surface area contributed by atoms with Crippen LogP contribution in [0, 0.1) is 0 Å². The molecule has 0 unspecified atom stereocenters. The zero-order valence-electron chi connectivity index (χ0n) is 3.63. The summed E-state index contributed by atoms with van der Waals surface area (Å²) in [4.78, 5) is 0. The largest absolute Gasteiger partial charge is 0.118 e. The molecule has 0 amide bonds. The Morgan fingerprint density at radius 1 is 1.29 bits per heavy atom. The van der Waals surface area contributed by atoms with Gasteiger partial charge in [0.2, 0.25) is 0 Å². The highest BCUT2D eigenvalue weighted by Crippen LogP contribution is 2.05. The molecule has 7 heavy (non-hydrogen) atoms. The van der Waals surface area contributed by atoms with Gasteiger partial charge >= 0.3 is 0 Å². The minimum absolute atomic E-state index is 0.0895. The van der Waals surface area contributed by atoms with Crippen molar-refractivity contribution >= 4 is 34.8 Å². The van der Waals surface area contributed by atoms with Crippen LogP contribution in [0.1, 0.15) is 0 Å². The van der Waals surface area contributed by atoms with Gasteiger partial charge in [-0.1, -0.05) is 34.8 Å². The first kappa shape index (κ1) is 10.4. The molecular weight excluding hydrogens is 154 g/mol. The summed E-state index contributed by atoms with van der Waals surface area (Å²) in [5.74, 6) is 0. The van der Waals surface area contributed by atoms with Gasteiger partial charge in [-0.05, 0) is 0 Å². The summed E-state index contributed by atoms with van der Waals surface area (Å²) in [7, 11) is 0. The minimum atomic E-state index is 0.0895. The van der Waals surface area contributed by atoms with Gasteiger partial charge in [-0.15, -0.1) is 13.2 Å². The van der Waals surface area contributed by atoms with E-state index in [1.165, 1.54) is 0 Å². The van der Waals surface area contributed by atoms with Crippen molar-refractivity contribution in [3.8, 4) is 0 Å². The summed E-state index contributed by atoms with van der Waals surface area (Å²) >= 11 is 14.8. The van der Waals surface area contributed by atoms with E-state index in [-0.39, 0.29) is 4.49 Å². The average molecular weight is 159 g/mol. The Kier molecular flexibility index (Phi) is 14.2. The number of halogens is 3. The summed E-state index contributed by atoms with van der Waals surface area (Å²) in [5, 5.41) is 0. The van der Waals surface area contributed by atoms with Gasteiger partial charge in [-0.3, -0.25) is 0 Å². The van der Waals surface area contributed by atoms with Crippen LogP contribution in [0.3, 0.4) is 0 Å². The van der Waals surface area contributed by atoms with Crippen molar-refractivity contribution in [1.29, 1.82) is 0 Å². The molecule has 0 saturated carbocycles. The third kappa shape index (κ3) is 21.8. The van der Waals surface area contributed by atoms with E-state index in [2.05, 4.69) is 13.2 Å². The number of rotatable bonds is 0. The Bertz CT molecular complexity index is 54.0. The topological polar surface area (TPSA) is 0 Å². The van der Waals surface area contributed by atoms with Crippen molar-refractivity contribution in [2.24, 2.45) is 0 Å². The molecule has 0 fully saturated rings. The smallest absolute Gasteiger partial charge is 0.106 e. The van der Waals surface area contributed by atoms with E-state index in [4.69, 9.17) is 34.8 Å². The highest BCUT2D eigenvalue weighted by atomic mass is 35.5. The van der Waals surface area contributed by atoms with Crippen molar-refractivity contribution in [2.45, 2.75) is 0 Å². The van der Waals surface area contributed by atoms with E-state index >= 15 is 0 Å². The summed E-state index contributed by atoms with van der Waals surface area (Å²) < 4.78 is 0.0895. The van der Waals surface area contributed by atoms with E-state index in [0.717, 1.165) is 5.54 Å². The fourth-order valence-corrected chi connectivity index (χ4v) is 0. The van der Waals surface area contributed by atoms with Gasteiger partial charge in [0.15, 0.2) is 0 Å². The lowest BCUT2D eigenvalue weighted by Gasteiger charge is -1.64. The maximum absolute atomic E-state index is 4.96. The minimum Gasteiger partial charge on any atom is -0.106 e. The third-order valence-corrected chi connectivity index (χ3v) is 0.742. The lowest BCUT2D eigenvalue weighted by atomic mass is 11.2. The normalized spacial score (nSPS) is 5.57. The molecule has 3 heteroatoms. The van der Waals surface area contributed by atoms with E-state index in [0.29, 0.717) is 0 Å². The van der Waals surface area contributed by atoms with Gasteiger partial charge < -0.3 is 0 Å². The molecule has 0 aliphatic carbocycles. The molecule has 0 N–H and O–H groups in total. The summed E-state index contributed by atoms with van der Waals surface area (Å²) in [6.45, 7) is 6.00. The average Bonchev–Trinajstić information content (AvgIpc) is 1.73. The molecule has 42 valence electrons. The molecule has 0 aromatic rings. The van der Waals surface area contributed by atoms with Crippen molar-refractivity contribution in [1.82, 2.24) is 0 Å². The highest BCUT2D eigenvalue weighted by Gasteiger charge is 1.70. The zero-order valence-corrected chi connectivity index (χ0v) is 5.89. The van der Waals surface area contributed by atoms with Crippen LogP contribution < -0.4 is 0 Å². The van der Waals surface area contributed by atoms with E-state index < -0.39 is 0 Å². The Hall–Kier alpha value is 0.350. The number of hydrogen-bond acceptors (Lipinski definition) is 0. The maximum atomic E-state index is 4.96. The van der Waals surface area contributed by atoms with Gasteiger partial charge in [-0.25, -0.2) is 0 Å². The van der Waals surface area contributed by atoms with Crippen LogP contribution in [0.2, 0.25) is 0 Å². The molecule has 0 radical (unpaired) electrons. The van der Waals surface area contributed by atoms with Crippen molar-refractivity contribution in [3.05, 3.63) is 23.2 Å². The van der Waals surface area contributed by atoms with Crippen LogP contribution in [-0.2, 0) is 0 Å². The van der Waals surface area contributed by atoms with Gasteiger partial charge in [0.1, 0.15) is 4.49 Å². The second-order valence-electron chi connectivity index (χ2n) is 0.399. The predicted molar refractivity (Wildman–Crippen MR) is 36.9 cm³/mol. The lowest BCUT2D eigenvalue weighted by Crippen LogP contribution is -1.33. The van der Waals surface area contributed by atoms with Crippen molar-refractivity contribution in [2.75, 3.05) is 0 Å². The Morgan fingerprint density at radius 2 is 1.43 bits per heavy atom. The second-order valence-corrected chi connectivity index (χ2v) is 1.62. The van der Waals surface area contributed by atoms with E-state index in [1.54, 1.807) is 0 Å². The summed E-state index contributed by atoms with van der Waals surface area (Å²) in [6, 6.07) is 0. The molecule has 0 saturated heterocycles. The monoisotopic (exact) mass is 158 g/mol. The van der Waals surface area contributed by atoms with Crippen LogP contribution in [0.25, 0.3) is 0 Å². The van der Waals surface area contributed by atoms with Crippen molar-refractivity contribution < 1.29 is 0 Å². The van der Waals surface area contributed by atoms with Gasteiger partial charge in [0, 0.05) is 5.54 Å². The molecular formula is C4H5Cl3. The molecule has 0 heterocycles. The standard InChI is InChI=1S/C2HCl3.C2H4/c3-1-2(4)5;1-2/h1H;1-2H2. The Balaban J connectivity index is 0. The lowest BCUT2D eigenvalue weighted by molar-refractivity contribution is 2.36. The molecule has 0 aromatic carbocycles. The zero-order chi connectivity index (χ0) is 6.28. The predicted octanol–water partition coefficient (Wildman–Crippen LogP) is 3.30. The Morgan fingerprint density at radius 3 is 1.43 bits per heavy atom. The van der Waals surface area contributed by atoms with Gasteiger partial charge in [-0.2, -0.15) is 0 Å². The fraction of sp³-hybridized carbons (Fsp3) is 0. The maximum Gasteiger partial charge on any atom is 0.118 e. The summed E-state index contributed by atoms with van der Waals surface area (Å²) in [6.07, 6.45) is 0. The van der Waals surface area contributed by atoms with E-state index in [1.807, 2.05) is 0 Å². The molecule has 0 atom stereocenters. The SMILES string of the molecule is C=C.ClC=C(Cl)Cl. The number of hydrogen-bond donors (Lipinski definition) is 0. The molecule has 0 aliphatic rings. The molecule has 0 bridgehead atoms. The molecule has 0 nitrogen and oxygen atoms in total. The second kappa shape index (κ2) is 9.61. The first-order valence-electron chi connectivity index (χ1n) is 1.38. The van der Waals surface area contributed by atoms with Crippen LogP contribution >= 0.6 is 34.8 Å². The first-order chi connectivity index (χ1) is 3.27. The van der Waals surface area contributed by atoms with Gasteiger partial charge in [0.05, 0.1) is 0 Å². The van der Waals surface area contributed by atoms with Crippen molar-refractivity contribution in [3.63, 3.8) is 0 Å². The van der Waals surface area contributed by atoms with Crippen LogP contribution in [0.4, 0.5) is 0 Å². The van der Waals surface area contributed by atoms with E-state index in [9.17, 15) is 0 Å². The highest BCUT2D eigenvalue weighted by molar-refractivity contribution is 6.58. The molecule has 0 rings (SSSR count). The summed E-state index contributed by atoms with van der Waals surface area (Å²) in [5.41, 5.74) is 1.09. The third-order valence-electron chi connectivity index (χ3n) is 0.0825. The quantitative estimate of drug-likeness (QED) is 0.476. The fourth-order valence-electron chi connectivity index (χ4n) is 0.